The first-order valence-corrected chi connectivity index (χ1v) is 12.7. The summed E-state index contributed by atoms with van der Waals surface area (Å²) < 4.78 is 13.4. The summed E-state index contributed by atoms with van der Waals surface area (Å²) in [6.45, 7) is 6.07. The molecule has 0 radical (unpaired) electrons. The lowest BCUT2D eigenvalue weighted by molar-refractivity contribution is 0.122. The second-order valence-electron chi connectivity index (χ2n) is 9.31. The van der Waals surface area contributed by atoms with Crippen molar-refractivity contribution in [1.29, 1.82) is 0 Å². The van der Waals surface area contributed by atoms with Gasteiger partial charge < -0.3 is 15.1 Å². The minimum atomic E-state index is -0.279. The third-order valence-electron chi connectivity index (χ3n) is 7.07. The van der Waals surface area contributed by atoms with Gasteiger partial charge in [-0.15, -0.1) is 0 Å². The summed E-state index contributed by atoms with van der Waals surface area (Å²) >= 11 is 0. The molecule has 3 aromatic rings. The predicted molar refractivity (Wildman–Crippen MR) is 140 cm³/mol. The van der Waals surface area contributed by atoms with Crippen LogP contribution in [-0.4, -0.2) is 48.1 Å². The van der Waals surface area contributed by atoms with Gasteiger partial charge in [-0.1, -0.05) is 72.8 Å². The quantitative estimate of drug-likeness (QED) is 0.411. The van der Waals surface area contributed by atoms with Crippen molar-refractivity contribution >= 4 is 6.03 Å². The first kappa shape index (κ1) is 24.9. The van der Waals surface area contributed by atoms with Crippen LogP contribution < -0.4 is 5.32 Å². The normalized spacial score (nSPS) is 14.7. The molecule has 35 heavy (non-hydrogen) atoms. The van der Waals surface area contributed by atoms with E-state index >= 15 is 0 Å². The van der Waals surface area contributed by atoms with E-state index in [1.54, 1.807) is 6.07 Å². The smallest absolute Gasteiger partial charge is 0.317 e. The van der Waals surface area contributed by atoms with Gasteiger partial charge in [-0.3, -0.25) is 0 Å². The van der Waals surface area contributed by atoms with Gasteiger partial charge in [-0.25, -0.2) is 9.18 Å². The molecule has 1 heterocycles. The Hall–Kier alpha value is -3.18. The van der Waals surface area contributed by atoms with Crippen LogP contribution in [0.1, 0.15) is 48.8 Å². The van der Waals surface area contributed by atoms with Crippen molar-refractivity contribution in [2.75, 3.05) is 26.2 Å². The number of rotatable bonds is 9. The Morgan fingerprint density at radius 3 is 2.17 bits per heavy atom. The van der Waals surface area contributed by atoms with E-state index in [0.717, 1.165) is 44.5 Å². The van der Waals surface area contributed by atoms with Crippen molar-refractivity contribution in [1.82, 2.24) is 15.1 Å². The summed E-state index contributed by atoms with van der Waals surface area (Å²) in [5.41, 5.74) is 3.50. The summed E-state index contributed by atoms with van der Waals surface area (Å²) in [5, 5.41) is 2.97. The topological polar surface area (TPSA) is 35.6 Å². The number of carbonyl (C=O) groups excluding carboxylic acids is 1. The second kappa shape index (κ2) is 12.5. The van der Waals surface area contributed by atoms with E-state index in [-0.39, 0.29) is 17.9 Å². The third-order valence-corrected chi connectivity index (χ3v) is 7.07. The average Bonchev–Trinajstić information content (AvgIpc) is 2.90. The van der Waals surface area contributed by atoms with Gasteiger partial charge in [0.15, 0.2) is 0 Å². The van der Waals surface area contributed by atoms with E-state index in [2.05, 4.69) is 70.9 Å². The molecule has 1 aliphatic heterocycles. The third kappa shape index (κ3) is 6.92. The molecule has 1 aliphatic rings. The first-order valence-electron chi connectivity index (χ1n) is 12.7. The molecule has 2 amide bonds. The van der Waals surface area contributed by atoms with E-state index < -0.39 is 0 Å². The number of likely N-dealkylation sites (tertiary alicyclic amines) is 1. The minimum Gasteiger partial charge on any atom is -0.334 e. The Bertz CT molecular complexity index is 1010. The van der Waals surface area contributed by atoms with Crippen LogP contribution in [0.25, 0.3) is 0 Å². The Morgan fingerprint density at radius 2 is 1.60 bits per heavy atom. The number of hydrogen-bond donors (Lipinski definition) is 1. The molecular weight excluding hydrogens is 437 g/mol. The number of hydrogen-bond acceptors (Lipinski definition) is 2. The van der Waals surface area contributed by atoms with Crippen LogP contribution in [0.3, 0.4) is 0 Å². The van der Waals surface area contributed by atoms with Crippen LogP contribution in [0.15, 0.2) is 84.9 Å². The molecule has 0 unspecified atom stereocenters. The molecule has 0 saturated carbocycles. The summed E-state index contributed by atoms with van der Waals surface area (Å²) in [4.78, 5) is 17.3. The van der Waals surface area contributed by atoms with Gasteiger partial charge in [-0.2, -0.15) is 0 Å². The molecule has 1 saturated heterocycles. The number of benzene rings is 3. The maximum absolute atomic E-state index is 13.4. The fourth-order valence-electron chi connectivity index (χ4n) is 5.16. The van der Waals surface area contributed by atoms with E-state index in [4.69, 9.17) is 0 Å². The molecule has 5 heteroatoms. The number of halogens is 1. The van der Waals surface area contributed by atoms with Gasteiger partial charge in [0, 0.05) is 38.1 Å². The Morgan fingerprint density at radius 1 is 0.971 bits per heavy atom. The molecule has 1 N–H and O–H groups in total. The fraction of sp³-hybridized carbons (Fsp3) is 0.367. The van der Waals surface area contributed by atoms with Gasteiger partial charge in [0.05, 0.1) is 0 Å². The van der Waals surface area contributed by atoms with Crippen LogP contribution in [0.5, 0.6) is 0 Å². The SMILES string of the molecule is CCN(C(=O)NCc1cccc(F)c1)C1CCN(CCC(c2ccccc2)c2ccccc2)CC1. The highest BCUT2D eigenvalue weighted by Crippen LogP contribution is 2.29. The number of carbonyl (C=O) groups is 1. The first-order chi connectivity index (χ1) is 17.1. The molecule has 0 bridgehead atoms. The zero-order valence-corrected chi connectivity index (χ0v) is 20.6. The fourth-order valence-corrected chi connectivity index (χ4v) is 5.16. The molecule has 4 nitrogen and oxygen atoms in total. The number of nitrogens with one attached hydrogen (secondary N) is 1. The summed E-state index contributed by atoms with van der Waals surface area (Å²) in [5.74, 6) is 0.106. The minimum absolute atomic E-state index is 0.0663. The number of nitrogens with zero attached hydrogens (tertiary/aromatic N) is 2. The van der Waals surface area contributed by atoms with Crippen LogP contribution >= 0.6 is 0 Å². The van der Waals surface area contributed by atoms with E-state index in [9.17, 15) is 9.18 Å². The zero-order chi connectivity index (χ0) is 24.5. The van der Waals surface area contributed by atoms with Gasteiger partial charge >= 0.3 is 6.03 Å². The molecule has 0 atom stereocenters. The van der Waals surface area contributed by atoms with Crippen molar-refractivity contribution in [3.05, 3.63) is 107 Å². The molecule has 4 rings (SSSR count). The largest absolute Gasteiger partial charge is 0.334 e. The summed E-state index contributed by atoms with van der Waals surface area (Å²) in [7, 11) is 0. The highest BCUT2D eigenvalue weighted by Gasteiger charge is 2.27. The van der Waals surface area contributed by atoms with Gasteiger partial charge in [-0.05, 0) is 61.6 Å². The van der Waals surface area contributed by atoms with E-state index in [1.165, 1.54) is 23.3 Å². The highest BCUT2D eigenvalue weighted by atomic mass is 19.1. The van der Waals surface area contributed by atoms with Crippen molar-refractivity contribution in [2.24, 2.45) is 0 Å². The van der Waals surface area contributed by atoms with Crippen LogP contribution in [0.4, 0.5) is 9.18 Å². The van der Waals surface area contributed by atoms with Gasteiger partial charge in [0.25, 0.3) is 0 Å². The van der Waals surface area contributed by atoms with Crippen molar-refractivity contribution in [3.63, 3.8) is 0 Å². The molecule has 0 aromatic heterocycles. The van der Waals surface area contributed by atoms with Gasteiger partial charge in [0.1, 0.15) is 5.82 Å². The number of amides is 2. The monoisotopic (exact) mass is 473 g/mol. The highest BCUT2D eigenvalue weighted by molar-refractivity contribution is 5.74. The average molecular weight is 474 g/mol. The molecule has 0 spiro atoms. The predicted octanol–water partition coefficient (Wildman–Crippen LogP) is 6.04. The van der Waals surface area contributed by atoms with Crippen molar-refractivity contribution < 1.29 is 9.18 Å². The molecular formula is C30H36FN3O. The molecule has 184 valence electrons. The lowest BCUT2D eigenvalue weighted by atomic mass is 9.88. The Kier molecular flexibility index (Phi) is 8.90. The van der Waals surface area contributed by atoms with E-state index in [1.807, 2.05) is 17.9 Å². The molecule has 3 aromatic carbocycles. The second-order valence-corrected chi connectivity index (χ2v) is 9.31. The van der Waals surface area contributed by atoms with Crippen molar-refractivity contribution in [3.8, 4) is 0 Å². The standard InChI is InChI=1S/C30H36FN3O/c1-2-34(30(35)32-23-24-10-9-15-27(31)22-24)28-16-19-33(20-17-28)21-18-29(25-11-5-3-6-12-25)26-13-7-4-8-14-26/h3-15,22,28-29H,2,16-21,23H2,1H3,(H,32,35). The lowest BCUT2D eigenvalue weighted by Crippen LogP contribution is -2.50. The number of urea groups is 1. The van der Waals surface area contributed by atoms with Crippen LogP contribution in [0, 0.1) is 5.82 Å². The lowest BCUT2D eigenvalue weighted by Gasteiger charge is -2.38. The van der Waals surface area contributed by atoms with E-state index in [0.29, 0.717) is 19.0 Å². The maximum atomic E-state index is 13.4. The Balaban J connectivity index is 1.29. The van der Waals surface area contributed by atoms with Gasteiger partial charge in [0.2, 0.25) is 0 Å². The maximum Gasteiger partial charge on any atom is 0.317 e. The molecule has 0 aliphatic carbocycles. The summed E-state index contributed by atoms with van der Waals surface area (Å²) in [6, 6.07) is 28.1. The van der Waals surface area contributed by atoms with Crippen LogP contribution in [-0.2, 0) is 6.54 Å². The van der Waals surface area contributed by atoms with Crippen LogP contribution in [0.2, 0.25) is 0 Å². The summed E-state index contributed by atoms with van der Waals surface area (Å²) in [6.07, 6.45) is 3.02. The molecule has 1 fully saturated rings. The number of piperidine rings is 1. The Labute approximate surface area is 208 Å². The van der Waals surface area contributed by atoms with Crippen molar-refractivity contribution in [2.45, 2.75) is 44.7 Å². The zero-order valence-electron chi connectivity index (χ0n) is 20.6.